The van der Waals surface area contributed by atoms with Gasteiger partial charge in [0.2, 0.25) is 5.91 Å². The molecule has 0 atom stereocenters. The zero-order chi connectivity index (χ0) is 12.3. The molecule has 1 amide bonds. The zero-order valence-corrected chi connectivity index (χ0v) is 9.66. The van der Waals surface area contributed by atoms with Crippen LogP contribution in [0.4, 0.5) is 0 Å². The predicted molar refractivity (Wildman–Crippen MR) is 69.4 cm³/mol. The summed E-state index contributed by atoms with van der Waals surface area (Å²) in [5.74, 6) is 5.39. The van der Waals surface area contributed by atoms with E-state index in [1.165, 1.54) is 10.9 Å². The third kappa shape index (κ3) is 2.46. The predicted octanol–water partition coefficient (Wildman–Crippen LogP) is 2.38. The molecule has 0 fully saturated rings. The van der Waals surface area contributed by atoms with Crippen LogP contribution in [0.15, 0.2) is 36.4 Å². The number of amides is 1. The minimum absolute atomic E-state index is 0.0994. The molecule has 0 spiro atoms. The first-order chi connectivity index (χ1) is 8.18. The average Bonchev–Trinajstić information content (AvgIpc) is 2.32. The summed E-state index contributed by atoms with van der Waals surface area (Å²) in [4.78, 5) is 10.6. The van der Waals surface area contributed by atoms with Crippen LogP contribution < -0.4 is 5.73 Å². The summed E-state index contributed by atoms with van der Waals surface area (Å²) >= 11 is 0. The van der Waals surface area contributed by atoms with Crippen molar-refractivity contribution >= 4 is 16.7 Å². The largest absolute Gasteiger partial charge is 0.369 e. The molecule has 2 N–H and O–H groups in total. The lowest BCUT2D eigenvalue weighted by atomic mass is 10.0. The molecule has 0 saturated carbocycles. The van der Waals surface area contributed by atoms with Crippen LogP contribution in [0, 0.1) is 18.8 Å². The van der Waals surface area contributed by atoms with Crippen LogP contribution in [0.2, 0.25) is 0 Å². The number of primary amides is 1. The maximum atomic E-state index is 10.6. The molecule has 0 saturated heterocycles. The van der Waals surface area contributed by atoms with Crippen molar-refractivity contribution < 1.29 is 4.79 Å². The van der Waals surface area contributed by atoms with Gasteiger partial charge in [0.05, 0.1) is 6.42 Å². The summed E-state index contributed by atoms with van der Waals surface area (Å²) in [6.07, 6.45) is 0.0994. The number of nitrogens with two attached hydrogens (primary N) is 1. The van der Waals surface area contributed by atoms with E-state index in [1.807, 2.05) is 30.3 Å². The fourth-order valence-corrected chi connectivity index (χ4v) is 1.79. The lowest BCUT2D eigenvalue weighted by Gasteiger charge is -2.03. The molecule has 0 aromatic heterocycles. The van der Waals surface area contributed by atoms with Crippen molar-refractivity contribution in [1.29, 1.82) is 0 Å². The molecule has 0 aliphatic heterocycles. The van der Waals surface area contributed by atoms with E-state index in [1.54, 1.807) is 0 Å². The molecule has 2 aromatic rings. The maximum Gasteiger partial charge on any atom is 0.229 e. The van der Waals surface area contributed by atoms with Gasteiger partial charge in [0.15, 0.2) is 0 Å². The Balaban J connectivity index is 2.51. The van der Waals surface area contributed by atoms with Gasteiger partial charge in [-0.2, -0.15) is 0 Å². The van der Waals surface area contributed by atoms with E-state index in [0.717, 1.165) is 10.9 Å². The molecule has 2 rings (SSSR count). The summed E-state index contributed by atoms with van der Waals surface area (Å²) < 4.78 is 0. The van der Waals surface area contributed by atoms with Gasteiger partial charge in [-0.1, -0.05) is 42.2 Å². The molecule has 0 unspecified atom stereocenters. The second kappa shape index (κ2) is 4.71. The number of hydrogen-bond donors (Lipinski definition) is 1. The van der Waals surface area contributed by atoms with Crippen LogP contribution in [-0.2, 0) is 4.79 Å². The van der Waals surface area contributed by atoms with Gasteiger partial charge in [0, 0.05) is 5.56 Å². The van der Waals surface area contributed by atoms with E-state index in [4.69, 9.17) is 5.73 Å². The first-order valence-corrected chi connectivity index (χ1v) is 5.44. The quantitative estimate of drug-likeness (QED) is 0.741. The molecule has 2 nitrogen and oxygen atoms in total. The van der Waals surface area contributed by atoms with Crippen LogP contribution in [0.5, 0.6) is 0 Å². The van der Waals surface area contributed by atoms with Crippen molar-refractivity contribution in [2.75, 3.05) is 0 Å². The van der Waals surface area contributed by atoms with E-state index in [0.29, 0.717) is 0 Å². The van der Waals surface area contributed by atoms with Gasteiger partial charge in [0.25, 0.3) is 0 Å². The van der Waals surface area contributed by atoms with Crippen molar-refractivity contribution in [3.63, 3.8) is 0 Å². The number of aryl methyl sites for hydroxylation is 1. The third-order valence-corrected chi connectivity index (χ3v) is 2.63. The van der Waals surface area contributed by atoms with Gasteiger partial charge >= 0.3 is 0 Å². The Kier molecular flexibility index (Phi) is 3.11. The molecule has 0 aliphatic rings. The fraction of sp³-hybridized carbons (Fsp3) is 0.133. The van der Waals surface area contributed by atoms with Crippen molar-refractivity contribution in [3.8, 4) is 11.8 Å². The number of carbonyl (C=O) groups excluding carboxylic acids is 1. The van der Waals surface area contributed by atoms with Crippen LogP contribution in [0.3, 0.4) is 0 Å². The SMILES string of the molecule is Cc1ccc(C#CCC(N)=O)c2ccccc12. The fourth-order valence-electron chi connectivity index (χ4n) is 1.79. The van der Waals surface area contributed by atoms with Gasteiger partial charge in [0.1, 0.15) is 0 Å². The van der Waals surface area contributed by atoms with Crippen LogP contribution in [0.1, 0.15) is 17.5 Å². The lowest BCUT2D eigenvalue weighted by molar-refractivity contribution is -0.117. The smallest absolute Gasteiger partial charge is 0.229 e. The first kappa shape index (κ1) is 11.2. The first-order valence-electron chi connectivity index (χ1n) is 5.44. The molecule has 2 aromatic carbocycles. The van der Waals surface area contributed by atoms with Gasteiger partial charge in [-0.05, 0) is 29.3 Å². The topological polar surface area (TPSA) is 43.1 Å². The molecule has 17 heavy (non-hydrogen) atoms. The Labute approximate surface area is 100 Å². The van der Waals surface area contributed by atoms with Crippen molar-refractivity contribution in [2.24, 2.45) is 5.73 Å². The highest BCUT2D eigenvalue weighted by molar-refractivity contribution is 5.90. The van der Waals surface area contributed by atoms with Crippen LogP contribution in [-0.4, -0.2) is 5.91 Å². The summed E-state index contributed by atoms with van der Waals surface area (Å²) in [6.45, 7) is 2.07. The number of benzene rings is 2. The Morgan fingerprint density at radius 1 is 1.18 bits per heavy atom. The maximum absolute atomic E-state index is 10.6. The molecular formula is C15H13NO. The number of rotatable bonds is 1. The standard InChI is InChI=1S/C15H13NO/c1-11-9-10-12(5-4-8-15(16)17)14-7-3-2-6-13(11)14/h2-3,6-7,9-10H,8H2,1H3,(H2,16,17). The van der Waals surface area contributed by atoms with Crippen molar-refractivity contribution in [2.45, 2.75) is 13.3 Å². The number of fused-ring (bicyclic) bond motifs is 1. The normalized spacial score (nSPS) is 9.71. The second-order valence-electron chi connectivity index (χ2n) is 3.92. The van der Waals surface area contributed by atoms with E-state index in [2.05, 4.69) is 24.8 Å². The van der Waals surface area contributed by atoms with Gasteiger partial charge in [-0.3, -0.25) is 4.79 Å². The van der Waals surface area contributed by atoms with Crippen LogP contribution in [0.25, 0.3) is 10.8 Å². The highest BCUT2D eigenvalue weighted by Gasteiger charge is 2.00. The van der Waals surface area contributed by atoms with E-state index in [-0.39, 0.29) is 6.42 Å². The molecule has 84 valence electrons. The summed E-state index contributed by atoms with van der Waals surface area (Å²) in [5, 5.41) is 2.31. The highest BCUT2D eigenvalue weighted by atomic mass is 16.1. The lowest BCUT2D eigenvalue weighted by Crippen LogP contribution is -2.08. The monoisotopic (exact) mass is 223 g/mol. The summed E-state index contributed by atoms with van der Waals surface area (Å²) in [7, 11) is 0. The molecule has 2 heteroatoms. The minimum atomic E-state index is -0.395. The van der Waals surface area contributed by atoms with E-state index in [9.17, 15) is 4.79 Å². The molecule has 0 radical (unpaired) electrons. The zero-order valence-electron chi connectivity index (χ0n) is 9.66. The Morgan fingerprint density at radius 3 is 2.59 bits per heavy atom. The Morgan fingerprint density at radius 2 is 1.88 bits per heavy atom. The number of carbonyl (C=O) groups is 1. The minimum Gasteiger partial charge on any atom is -0.369 e. The van der Waals surface area contributed by atoms with Gasteiger partial charge < -0.3 is 5.73 Å². The Bertz CT molecular complexity index is 632. The molecule has 0 aliphatic carbocycles. The Hall–Kier alpha value is -2.27. The molecule has 0 bridgehead atoms. The number of hydrogen-bond acceptors (Lipinski definition) is 1. The third-order valence-electron chi connectivity index (χ3n) is 2.63. The van der Waals surface area contributed by atoms with Crippen LogP contribution >= 0.6 is 0 Å². The van der Waals surface area contributed by atoms with Crippen molar-refractivity contribution in [1.82, 2.24) is 0 Å². The van der Waals surface area contributed by atoms with Gasteiger partial charge in [-0.25, -0.2) is 0 Å². The summed E-state index contributed by atoms with van der Waals surface area (Å²) in [6, 6.07) is 12.1. The van der Waals surface area contributed by atoms with E-state index >= 15 is 0 Å². The molecule has 0 heterocycles. The molecular weight excluding hydrogens is 210 g/mol. The van der Waals surface area contributed by atoms with Crippen molar-refractivity contribution in [3.05, 3.63) is 47.5 Å². The second-order valence-corrected chi connectivity index (χ2v) is 3.92. The summed E-state index contributed by atoms with van der Waals surface area (Å²) in [5.41, 5.74) is 7.21. The average molecular weight is 223 g/mol. The highest BCUT2D eigenvalue weighted by Crippen LogP contribution is 2.21. The van der Waals surface area contributed by atoms with Gasteiger partial charge in [-0.15, -0.1) is 0 Å². The van der Waals surface area contributed by atoms with E-state index < -0.39 is 5.91 Å².